The van der Waals surface area contributed by atoms with Crippen molar-refractivity contribution >= 4 is 5.91 Å². The van der Waals surface area contributed by atoms with E-state index in [1.807, 2.05) is 18.2 Å². The highest BCUT2D eigenvalue weighted by molar-refractivity contribution is 5.76. The van der Waals surface area contributed by atoms with Crippen LogP contribution in [0.5, 0.6) is 11.5 Å². The SMILES string of the molecule is COc1cc(CNC(=O)C[C@H]2C=CCC2)ccc1OC1CCCC1. The normalized spacial score (nSPS) is 20.3. The van der Waals surface area contributed by atoms with Crippen molar-refractivity contribution in [3.63, 3.8) is 0 Å². The van der Waals surface area contributed by atoms with Gasteiger partial charge in [-0.3, -0.25) is 4.79 Å². The second kappa shape index (κ2) is 8.22. The fourth-order valence-corrected chi connectivity index (χ4v) is 3.48. The lowest BCUT2D eigenvalue weighted by molar-refractivity contribution is -0.121. The van der Waals surface area contributed by atoms with Gasteiger partial charge < -0.3 is 14.8 Å². The topological polar surface area (TPSA) is 47.6 Å². The highest BCUT2D eigenvalue weighted by Gasteiger charge is 2.19. The van der Waals surface area contributed by atoms with Crippen LogP contribution in [0.1, 0.15) is 50.5 Å². The van der Waals surface area contributed by atoms with Crippen molar-refractivity contribution in [3.8, 4) is 11.5 Å². The van der Waals surface area contributed by atoms with E-state index in [1.54, 1.807) is 7.11 Å². The van der Waals surface area contributed by atoms with E-state index in [-0.39, 0.29) is 5.91 Å². The van der Waals surface area contributed by atoms with Crippen molar-refractivity contribution in [2.45, 2.75) is 57.6 Å². The standard InChI is InChI=1S/C20H27NO3/c1-23-19-12-16(10-11-18(19)24-17-8-4-5-9-17)14-21-20(22)13-15-6-2-3-7-15/h2,6,10-12,15,17H,3-5,7-9,13-14H2,1H3,(H,21,22)/t15-/m0/s1. The highest BCUT2D eigenvalue weighted by Crippen LogP contribution is 2.32. The molecular weight excluding hydrogens is 302 g/mol. The molecule has 1 amide bonds. The summed E-state index contributed by atoms with van der Waals surface area (Å²) in [5, 5.41) is 3.00. The number of ether oxygens (including phenoxy) is 2. The minimum atomic E-state index is 0.108. The summed E-state index contributed by atoms with van der Waals surface area (Å²) in [4.78, 5) is 12.0. The monoisotopic (exact) mass is 329 g/mol. The van der Waals surface area contributed by atoms with Crippen LogP contribution < -0.4 is 14.8 Å². The first-order chi connectivity index (χ1) is 11.7. The van der Waals surface area contributed by atoms with Crippen molar-refractivity contribution < 1.29 is 14.3 Å². The van der Waals surface area contributed by atoms with Gasteiger partial charge in [0.1, 0.15) is 0 Å². The fourth-order valence-electron chi connectivity index (χ4n) is 3.48. The lowest BCUT2D eigenvalue weighted by Gasteiger charge is -2.17. The Kier molecular flexibility index (Phi) is 5.78. The van der Waals surface area contributed by atoms with E-state index >= 15 is 0 Å². The number of amides is 1. The van der Waals surface area contributed by atoms with E-state index in [4.69, 9.17) is 9.47 Å². The number of carbonyl (C=O) groups excluding carboxylic acids is 1. The Morgan fingerprint density at radius 3 is 2.75 bits per heavy atom. The van der Waals surface area contributed by atoms with Gasteiger partial charge in [0.05, 0.1) is 13.2 Å². The molecule has 3 rings (SSSR count). The second-order valence-corrected chi connectivity index (χ2v) is 6.76. The first kappa shape index (κ1) is 16.9. The van der Waals surface area contributed by atoms with Gasteiger partial charge in [-0.15, -0.1) is 0 Å². The highest BCUT2D eigenvalue weighted by atomic mass is 16.5. The van der Waals surface area contributed by atoms with Crippen molar-refractivity contribution in [2.75, 3.05) is 7.11 Å². The minimum absolute atomic E-state index is 0.108. The van der Waals surface area contributed by atoms with Crippen LogP contribution in [0.3, 0.4) is 0 Å². The Morgan fingerprint density at radius 1 is 1.21 bits per heavy atom. The maximum absolute atomic E-state index is 12.0. The van der Waals surface area contributed by atoms with E-state index < -0.39 is 0 Å². The van der Waals surface area contributed by atoms with E-state index in [9.17, 15) is 4.79 Å². The number of hydrogen-bond donors (Lipinski definition) is 1. The number of benzene rings is 1. The van der Waals surface area contributed by atoms with E-state index in [0.717, 1.165) is 42.7 Å². The molecule has 0 spiro atoms. The molecular formula is C20H27NO3. The molecule has 1 N–H and O–H groups in total. The molecule has 2 aliphatic carbocycles. The van der Waals surface area contributed by atoms with Crippen molar-refractivity contribution in [3.05, 3.63) is 35.9 Å². The van der Waals surface area contributed by atoms with Gasteiger partial charge in [0.25, 0.3) is 0 Å². The van der Waals surface area contributed by atoms with Gasteiger partial charge in [0.15, 0.2) is 11.5 Å². The van der Waals surface area contributed by atoms with Crippen LogP contribution in [0.2, 0.25) is 0 Å². The third-order valence-electron chi connectivity index (χ3n) is 4.87. The average Bonchev–Trinajstić information content (AvgIpc) is 3.28. The molecule has 4 heteroatoms. The van der Waals surface area contributed by atoms with Gasteiger partial charge in [-0.05, 0) is 62.1 Å². The van der Waals surface area contributed by atoms with Crippen LogP contribution in [-0.4, -0.2) is 19.1 Å². The average molecular weight is 329 g/mol. The van der Waals surface area contributed by atoms with Gasteiger partial charge in [0.2, 0.25) is 5.91 Å². The number of rotatable bonds is 7. The van der Waals surface area contributed by atoms with Gasteiger partial charge in [0, 0.05) is 13.0 Å². The molecule has 24 heavy (non-hydrogen) atoms. The molecule has 0 unspecified atom stereocenters. The van der Waals surface area contributed by atoms with Crippen molar-refractivity contribution in [1.29, 1.82) is 0 Å². The zero-order chi connectivity index (χ0) is 16.8. The largest absolute Gasteiger partial charge is 0.493 e. The Bertz CT molecular complexity index is 591. The summed E-state index contributed by atoms with van der Waals surface area (Å²) in [5.41, 5.74) is 1.03. The molecule has 1 saturated carbocycles. The smallest absolute Gasteiger partial charge is 0.220 e. The third-order valence-corrected chi connectivity index (χ3v) is 4.87. The van der Waals surface area contributed by atoms with E-state index in [0.29, 0.717) is 25.0 Å². The molecule has 0 heterocycles. The Morgan fingerprint density at radius 2 is 2.04 bits per heavy atom. The van der Waals surface area contributed by atoms with Gasteiger partial charge in [-0.1, -0.05) is 18.2 Å². The molecule has 0 bridgehead atoms. The number of methoxy groups -OCH3 is 1. The van der Waals surface area contributed by atoms with Crippen LogP contribution in [0.4, 0.5) is 0 Å². The summed E-state index contributed by atoms with van der Waals surface area (Å²) in [5.74, 6) is 2.06. The first-order valence-corrected chi connectivity index (χ1v) is 9.01. The van der Waals surface area contributed by atoms with Crippen LogP contribution in [0.25, 0.3) is 0 Å². The molecule has 0 radical (unpaired) electrons. The Balaban J connectivity index is 1.53. The minimum Gasteiger partial charge on any atom is -0.493 e. The van der Waals surface area contributed by atoms with Gasteiger partial charge >= 0.3 is 0 Å². The molecule has 0 aliphatic heterocycles. The molecule has 1 aromatic rings. The Hall–Kier alpha value is -1.97. The first-order valence-electron chi connectivity index (χ1n) is 9.01. The predicted molar refractivity (Wildman–Crippen MR) is 94.2 cm³/mol. The molecule has 1 atom stereocenters. The van der Waals surface area contributed by atoms with Crippen molar-refractivity contribution in [2.24, 2.45) is 5.92 Å². The zero-order valence-corrected chi connectivity index (χ0v) is 14.4. The molecule has 130 valence electrons. The summed E-state index contributed by atoms with van der Waals surface area (Å²) in [6, 6.07) is 5.92. The van der Waals surface area contributed by atoms with Crippen LogP contribution in [0, 0.1) is 5.92 Å². The maximum atomic E-state index is 12.0. The summed E-state index contributed by atoms with van der Waals surface area (Å²) in [6.45, 7) is 0.523. The number of nitrogens with one attached hydrogen (secondary N) is 1. The lowest BCUT2D eigenvalue weighted by Crippen LogP contribution is -2.24. The number of carbonyl (C=O) groups is 1. The summed E-state index contributed by atoms with van der Waals surface area (Å²) >= 11 is 0. The van der Waals surface area contributed by atoms with E-state index in [1.165, 1.54) is 12.8 Å². The molecule has 1 fully saturated rings. The Labute approximate surface area is 144 Å². The summed E-state index contributed by atoms with van der Waals surface area (Å²) in [6.07, 6.45) is 12.1. The molecule has 4 nitrogen and oxygen atoms in total. The quantitative estimate of drug-likeness (QED) is 0.770. The van der Waals surface area contributed by atoms with Gasteiger partial charge in [-0.2, -0.15) is 0 Å². The summed E-state index contributed by atoms with van der Waals surface area (Å²) < 4.78 is 11.5. The van der Waals surface area contributed by atoms with Crippen LogP contribution in [-0.2, 0) is 11.3 Å². The lowest BCUT2D eigenvalue weighted by atomic mass is 10.1. The fraction of sp³-hybridized carbons (Fsp3) is 0.550. The summed E-state index contributed by atoms with van der Waals surface area (Å²) in [7, 11) is 1.66. The predicted octanol–water partition coefficient (Wildman–Crippen LogP) is 3.99. The van der Waals surface area contributed by atoms with Crippen molar-refractivity contribution in [1.82, 2.24) is 5.32 Å². The second-order valence-electron chi connectivity index (χ2n) is 6.76. The zero-order valence-electron chi connectivity index (χ0n) is 14.4. The number of hydrogen-bond acceptors (Lipinski definition) is 3. The van der Waals surface area contributed by atoms with Crippen LogP contribution >= 0.6 is 0 Å². The molecule has 2 aliphatic rings. The molecule has 0 aromatic heterocycles. The molecule has 1 aromatic carbocycles. The maximum Gasteiger partial charge on any atom is 0.220 e. The third kappa shape index (κ3) is 4.53. The number of allylic oxidation sites excluding steroid dienone is 2. The van der Waals surface area contributed by atoms with Gasteiger partial charge in [-0.25, -0.2) is 0 Å². The van der Waals surface area contributed by atoms with Crippen LogP contribution in [0.15, 0.2) is 30.4 Å². The molecule has 0 saturated heterocycles. The van der Waals surface area contributed by atoms with E-state index in [2.05, 4.69) is 17.5 Å².